The summed E-state index contributed by atoms with van der Waals surface area (Å²) in [4.78, 5) is 14.7. The predicted octanol–water partition coefficient (Wildman–Crippen LogP) is 4.13. The van der Waals surface area contributed by atoms with Crippen molar-refractivity contribution in [1.82, 2.24) is 10.2 Å². The standard InChI is InChI=1S/C21H25BrN2O2/c1-16(26-20-10-8-19(22)9-11-20)21(25)23-14-17-4-6-18(7-5-17)15-24-12-2-3-13-24/h4-11,16H,2-3,12-15H2,1H3,(H,23,25)/t16-/m0/s1. The van der Waals surface area contributed by atoms with Crippen molar-refractivity contribution in [3.63, 3.8) is 0 Å². The normalized spacial score (nSPS) is 15.6. The lowest BCUT2D eigenvalue weighted by molar-refractivity contribution is -0.127. The van der Waals surface area contributed by atoms with Crippen molar-refractivity contribution in [1.29, 1.82) is 0 Å². The molecule has 0 unspecified atom stereocenters. The highest BCUT2D eigenvalue weighted by Crippen LogP contribution is 2.17. The Morgan fingerprint density at radius 3 is 2.35 bits per heavy atom. The van der Waals surface area contributed by atoms with Crippen molar-refractivity contribution in [2.24, 2.45) is 0 Å². The molecule has 1 amide bonds. The topological polar surface area (TPSA) is 41.6 Å². The second-order valence-electron chi connectivity index (χ2n) is 6.73. The zero-order valence-electron chi connectivity index (χ0n) is 15.1. The summed E-state index contributed by atoms with van der Waals surface area (Å²) in [5.74, 6) is 0.566. The molecule has 138 valence electrons. The van der Waals surface area contributed by atoms with Gasteiger partial charge in [0.05, 0.1) is 0 Å². The van der Waals surface area contributed by atoms with Crippen LogP contribution in [0.3, 0.4) is 0 Å². The Morgan fingerprint density at radius 1 is 1.08 bits per heavy atom. The van der Waals surface area contributed by atoms with Crippen molar-refractivity contribution >= 4 is 21.8 Å². The number of nitrogens with zero attached hydrogens (tertiary/aromatic N) is 1. The zero-order chi connectivity index (χ0) is 18.4. The number of likely N-dealkylation sites (tertiary alicyclic amines) is 1. The fourth-order valence-electron chi connectivity index (χ4n) is 3.07. The molecule has 26 heavy (non-hydrogen) atoms. The minimum atomic E-state index is -0.536. The van der Waals surface area contributed by atoms with E-state index in [9.17, 15) is 4.79 Å². The Bertz CT molecular complexity index is 710. The van der Waals surface area contributed by atoms with Crippen LogP contribution in [0.5, 0.6) is 5.75 Å². The van der Waals surface area contributed by atoms with Crippen molar-refractivity contribution in [3.8, 4) is 5.75 Å². The summed E-state index contributed by atoms with van der Waals surface area (Å²) in [6.45, 7) is 5.69. The molecule has 0 saturated carbocycles. The Hall–Kier alpha value is -1.85. The molecule has 0 bridgehead atoms. The van der Waals surface area contributed by atoms with Crippen LogP contribution in [0, 0.1) is 0 Å². The number of ether oxygens (including phenoxy) is 1. The molecule has 5 heteroatoms. The molecule has 4 nitrogen and oxygen atoms in total. The molecule has 1 aliphatic rings. The highest BCUT2D eigenvalue weighted by molar-refractivity contribution is 9.10. The first-order chi connectivity index (χ1) is 12.6. The molecule has 2 aromatic rings. The van der Waals surface area contributed by atoms with E-state index in [0.29, 0.717) is 12.3 Å². The maximum absolute atomic E-state index is 12.2. The van der Waals surface area contributed by atoms with Gasteiger partial charge in [-0.25, -0.2) is 0 Å². The highest BCUT2D eigenvalue weighted by Gasteiger charge is 2.14. The van der Waals surface area contributed by atoms with Gasteiger partial charge in [-0.2, -0.15) is 0 Å². The van der Waals surface area contributed by atoms with Gasteiger partial charge in [-0.05, 0) is 68.2 Å². The Morgan fingerprint density at radius 2 is 1.69 bits per heavy atom. The van der Waals surface area contributed by atoms with Crippen LogP contribution in [0.1, 0.15) is 30.9 Å². The molecule has 0 spiro atoms. The smallest absolute Gasteiger partial charge is 0.261 e. The first-order valence-corrected chi connectivity index (χ1v) is 9.89. The summed E-state index contributed by atoms with van der Waals surface area (Å²) >= 11 is 3.38. The number of nitrogens with one attached hydrogen (secondary N) is 1. The van der Waals surface area contributed by atoms with Gasteiger partial charge in [-0.15, -0.1) is 0 Å². The Labute approximate surface area is 163 Å². The molecule has 2 aromatic carbocycles. The summed E-state index contributed by atoms with van der Waals surface area (Å²) in [7, 11) is 0. The quantitative estimate of drug-likeness (QED) is 0.737. The molecule has 1 fully saturated rings. The number of carbonyl (C=O) groups excluding carboxylic acids is 1. The third-order valence-corrected chi connectivity index (χ3v) is 5.12. The maximum Gasteiger partial charge on any atom is 0.261 e. The molecule has 1 atom stereocenters. The molecular weight excluding hydrogens is 392 g/mol. The number of hydrogen-bond acceptors (Lipinski definition) is 3. The van der Waals surface area contributed by atoms with Crippen LogP contribution in [0.15, 0.2) is 53.0 Å². The second kappa shape index (κ2) is 9.19. The SMILES string of the molecule is C[C@H](Oc1ccc(Br)cc1)C(=O)NCc1ccc(CN2CCCC2)cc1. The van der Waals surface area contributed by atoms with Crippen molar-refractivity contribution in [3.05, 3.63) is 64.1 Å². The molecule has 0 radical (unpaired) electrons. The van der Waals surface area contributed by atoms with E-state index >= 15 is 0 Å². The van der Waals surface area contributed by atoms with Crippen molar-refractivity contribution < 1.29 is 9.53 Å². The van der Waals surface area contributed by atoms with Gasteiger partial charge in [0, 0.05) is 17.6 Å². The van der Waals surface area contributed by atoms with Gasteiger partial charge in [0.15, 0.2) is 6.10 Å². The van der Waals surface area contributed by atoms with Gasteiger partial charge in [-0.3, -0.25) is 9.69 Å². The third kappa shape index (κ3) is 5.58. The average molecular weight is 417 g/mol. The second-order valence-corrected chi connectivity index (χ2v) is 7.65. The van der Waals surface area contributed by atoms with E-state index in [0.717, 1.165) is 16.6 Å². The minimum absolute atomic E-state index is 0.117. The van der Waals surface area contributed by atoms with Crippen molar-refractivity contribution in [2.45, 2.75) is 39.0 Å². The van der Waals surface area contributed by atoms with Crippen LogP contribution in [-0.4, -0.2) is 30.0 Å². The Balaban J connectivity index is 1.45. The first-order valence-electron chi connectivity index (χ1n) is 9.10. The summed E-state index contributed by atoms with van der Waals surface area (Å²) in [6.07, 6.45) is 2.08. The highest BCUT2D eigenvalue weighted by atomic mass is 79.9. The molecule has 0 aliphatic carbocycles. The van der Waals surface area contributed by atoms with Crippen LogP contribution in [-0.2, 0) is 17.9 Å². The minimum Gasteiger partial charge on any atom is -0.481 e. The van der Waals surface area contributed by atoms with E-state index in [4.69, 9.17) is 4.74 Å². The summed E-state index contributed by atoms with van der Waals surface area (Å²) in [5, 5.41) is 2.94. The maximum atomic E-state index is 12.2. The molecular formula is C21H25BrN2O2. The fourth-order valence-corrected chi connectivity index (χ4v) is 3.33. The monoisotopic (exact) mass is 416 g/mol. The predicted molar refractivity (Wildman–Crippen MR) is 107 cm³/mol. The van der Waals surface area contributed by atoms with Gasteiger partial charge in [-0.1, -0.05) is 40.2 Å². The molecule has 1 aliphatic heterocycles. The van der Waals surface area contributed by atoms with Gasteiger partial charge in [0.25, 0.3) is 5.91 Å². The van der Waals surface area contributed by atoms with Gasteiger partial charge >= 0.3 is 0 Å². The van der Waals surface area contributed by atoms with E-state index in [1.165, 1.54) is 31.5 Å². The molecule has 1 N–H and O–H groups in total. The summed E-state index contributed by atoms with van der Waals surface area (Å²) in [5.41, 5.74) is 2.42. The van der Waals surface area contributed by atoms with Crippen LogP contribution in [0.4, 0.5) is 0 Å². The van der Waals surface area contributed by atoms with Crippen molar-refractivity contribution in [2.75, 3.05) is 13.1 Å². The molecule has 1 heterocycles. The molecule has 0 aromatic heterocycles. The van der Waals surface area contributed by atoms with Crippen LogP contribution < -0.4 is 10.1 Å². The van der Waals surface area contributed by atoms with E-state index < -0.39 is 6.10 Å². The summed E-state index contributed by atoms with van der Waals surface area (Å²) in [6, 6.07) is 16.0. The molecule has 3 rings (SSSR count). The lowest BCUT2D eigenvalue weighted by Crippen LogP contribution is -2.35. The zero-order valence-corrected chi connectivity index (χ0v) is 16.7. The third-order valence-electron chi connectivity index (χ3n) is 4.59. The fraction of sp³-hybridized carbons (Fsp3) is 0.381. The van der Waals surface area contributed by atoms with Gasteiger partial charge in [0.2, 0.25) is 0 Å². The number of halogens is 1. The van der Waals surface area contributed by atoms with Gasteiger partial charge < -0.3 is 10.1 Å². The number of carbonyl (C=O) groups is 1. The van der Waals surface area contributed by atoms with E-state index in [1.54, 1.807) is 6.92 Å². The number of amides is 1. The van der Waals surface area contributed by atoms with Crippen LogP contribution in [0.25, 0.3) is 0 Å². The lowest BCUT2D eigenvalue weighted by atomic mass is 10.1. The van der Waals surface area contributed by atoms with E-state index in [1.807, 2.05) is 24.3 Å². The van der Waals surface area contributed by atoms with E-state index in [-0.39, 0.29) is 5.91 Å². The number of hydrogen-bond donors (Lipinski definition) is 1. The van der Waals surface area contributed by atoms with Gasteiger partial charge in [0.1, 0.15) is 5.75 Å². The number of benzene rings is 2. The average Bonchev–Trinajstić information content (AvgIpc) is 3.16. The number of rotatable bonds is 7. The summed E-state index contributed by atoms with van der Waals surface area (Å²) < 4.78 is 6.66. The molecule has 1 saturated heterocycles. The van der Waals surface area contributed by atoms with Crippen LogP contribution >= 0.6 is 15.9 Å². The largest absolute Gasteiger partial charge is 0.481 e. The van der Waals surface area contributed by atoms with E-state index in [2.05, 4.69) is 50.4 Å². The first kappa shape index (κ1) is 18.9. The Kier molecular flexibility index (Phi) is 6.69. The lowest BCUT2D eigenvalue weighted by Gasteiger charge is -2.16. The van der Waals surface area contributed by atoms with Crippen LogP contribution in [0.2, 0.25) is 0 Å².